The zero-order valence-corrected chi connectivity index (χ0v) is 10.7. The molecule has 0 amide bonds. The van der Waals surface area contributed by atoms with Crippen LogP contribution in [-0.4, -0.2) is 14.9 Å². The van der Waals surface area contributed by atoms with Gasteiger partial charge in [-0.15, -0.1) is 0 Å². The van der Waals surface area contributed by atoms with E-state index in [0.29, 0.717) is 17.0 Å². The van der Waals surface area contributed by atoms with E-state index >= 15 is 0 Å². The van der Waals surface area contributed by atoms with Crippen LogP contribution < -0.4 is 0 Å². The fourth-order valence-electron chi connectivity index (χ4n) is 2.09. The van der Waals surface area contributed by atoms with Crippen molar-refractivity contribution >= 4 is 0 Å². The van der Waals surface area contributed by atoms with Gasteiger partial charge in [0.1, 0.15) is 6.10 Å². The first-order valence-electron chi connectivity index (χ1n) is 5.66. The van der Waals surface area contributed by atoms with E-state index in [2.05, 4.69) is 5.10 Å². The average Bonchev–Trinajstić information content (AvgIpc) is 2.60. The Labute approximate surface area is 108 Å². The van der Waals surface area contributed by atoms with E-state index < -0.39 is 23.6 Å². The summed E-state index contributed by atoms with van der Waals surface area (Å²) in [6.07, 6.45) is -1.39. The minimum Gasteiger partial charge on any atom is -0.383 e. The second-order valence-corrected chi connectivity index (χ2v) is 4.38. The molecule has 0 aliphatic carbocycles. The quantitative estimate of drug-likeness (QED) is 0.852. The summed E-state index contributed by atoms with van der Waals surface area (Å²) in [5, 5.41) is 14.3. The molecule has 2 rings (SSSR count). The van der Waals surface area contributed by atoms with Crippen molar-refractivity contribution in [2.75, 3.05) is 0 Å². The van der Waals surface area contributed by atoms with E-state index in [0.717, 1.165) is 12.1 Å². The van der Waals surface area contributed by atoms with Crippen LogP contribution in [0.2, 0.25) is 0 Å². The highest BCUT2D eigenvalue weighted by Crippen LogP contribution is 2.30. The third kappa shape index (κ3) is 2.12. The first kappa shape index (κ1) is 13.6. The highest BCUT2D eigenvalue weighted by Gasteiger charge is 2.25. The van der Waals surface area contributed by atoms with Crippen LogP contribution in [0.1, 0.15) is 28.6 Å². The fourth-order valence-corrected chi connectivity index (χ4v) is 2.09. The summed E-state index contributed by atoms with van der Waals surface area (Å²) in [6.45, 7) is 3.36. The fraction of sp³-hybridized carbons (Fsp3) is 0.308. The molecule has 1 aromatic heterocycles. The molecule has 1 heterocycles. The van der Waals surface area contributed by atoms with Crippen LogP contribution >= 0.6 is 0 Å². The van der Waals surface area contributed by atoms with Gasteiger partial charge >= 0.3 is 0 Å². The molecular weight excluding hydrogens is 257 g/mol. The van der Waals surface area contributed by atoms with Gasteiger partial charge < -0.3 is 5.11 Å². The van der Waals surface area contributed by atoms with Crippen LogP contribution in [0, 0.1) is 31.3 Å². The Hall–Kier alpha value is -1.82. The number of nitrogens with zero attached hydrogens (tertiary/aromatic N) is 2. The molecule has 1 atom stereocenters. The van der Waals surface area contributed by atoms with Gasteiger partial charge in [-0.2, -0.15) is 5.10 Å². The molecule has 0 aliphatic rings. The van der Waals surface area contributed by atoms with Gasteiger partial charge in [-0.1, -0.05) is 6.07 Å². The van der Waals surface area contributed by atoms with Crippen LogP contribution in [0.15, 0.2) is 12.1 Å². The zero-order chi connectivity index (χ0) is 14.3. The lowest BCUT2D eigenvalue weighted by molar-refractivity contribution is 0.211. The number of rotatable bonds is 2. The van der Waals surface area contributed by atoms with Gasteiger partial charge in [0.2, 0.25) is 0 Å². The van der Waals surface area contributed by atoms with Gasteiger partial charge in [0.15, 0.2) is 17.5 Å². The molecule has 0 radical (unpaired) electrons. The molecule has 0 saturated heterocycles. The summed E-state index contributed by atoms with van der Waals surface area (Å²) in [6, 6.07) is 1.82. The first-order chi connectivity index (χ1) is 8.84. The normalized spacial score (nSPS) is 12.8. The summed E-state index contributed by atoms with van der Waals surface area (Å²) < 4.78 is 41.3. The van der Waals surface area contributed by atoms with Crippen molar-refractivity contribution in [3.05, 3.63) is 52.1 Å². The van der Waals surface area contributed by atoms with Gasteiger partial charge in [-0.05, 0) is 19.9 Å². The molecule has 0 bridgehead atoms. The Morgan fingerprint density at radius 1 is 1.16 bits per heavy atom. The number of aliphatic hydroxyl groups is 1. The van der Waals surface area contributed by atoms with Crippen LogP contribution in [0.3, 0.4) is 0 Å². The van der Waals surface area contributed by atoms with E-state index in [1.807, 2.05) is 0 Å². The molecule has 0 aliphatic heterocycles. The molecule has 19 heavy (non-hydrogen) atoms. The number of aromatic nitrogens is 2. The van der Waals surface area contributed by atoms with Crippen LogP contribution in [0.5, 0.6) is 0 Å². The minimum atomic E-state index is -1.59. The molecule has 2 aromatic rings. The second kappa shape index (κ2) is 4.70. The third-order valence-electron chi connectivity index (χ3n) is 3.20. The molecule has 6 heteroatoms. The molecular formula is C13H13F3N2O. The van der Waals surface area contributed by atoms with Crippen LogP contribution in [0.25, 0.3) is 0 Å². The second-order valence-electron chi connectivity index (χ2n) is 4.38. The SMILES string of the molecule is Cc1nn(C)c(C)c1C(O)c1ccc(F)c(F)c1F. The van der Waals surface area contributed by atoms with Crippen molar-refractivity contribution in [1.29, 1.82) is 0 Å². The molecule has 1 unspecified atom stereocenters. The van der Waals surface area contributed by atoms with Crippen molar-refractivity contribution in [2.45, 2.75) is 20.0 Å². The Balaban J connectivity index is 2.56. The summed E-state index contributed by atoms with van der Waals surface area (Å²) in [4.78, 5) is 0. The average molecular weight is 270 g/mol. The Bertz CT molecular complexity index is 637. The van der Waals surface area contributed by atoms with Crippen molar-refractivity contribution in [1.82, 2.24) is 9.78 Å². The van der Waals surface area contributed by atoms with E-state index in [1.54, 1.807) is 20.9 Å². The molecule has 1 N–H and O–H groups in total. The Kier molecular flexibility index (Phi) is 3.36. The maximum atomic E-state index is 13.7. The molecule has 3 nitrogen and oxygen atoms in total. The Morgan fingerprint density at radius 3 is 2.32 bits per heavy atom. The predicted octanol–water partition coefficient (Wildman–Crippen LogP) is 2.54. The monoisotopic (exact) mass is 270 g/mol. The largest absolute Gasteiger partial charge is 0.383 e. The van der Waals surface area contributed by atoms with Crippen molar-refractivity contribution in [2.24, 2.45) is 7.05 Å². The van der Waals surface area contributed by atoms with E-state index in [9.17, 15) is 18.3 Å². The minimum absolute atomic E-state index is 0.307. The lowest BCUT2D eigenvalue weighted by atomic mass is 9.99. The van der Waals surface area contributed by atoms with Crippen LogP contribution in [0.4, 0.5) is 13.2 Å². The highest BCUT2D eigenvalue weighted by atomic mass is 19.2. The number of halogens is 3. The maximum absolute atomic E-state index is 13.7. The van der Waals surface area contributed by atoms with E-state index in [-0.39, 0.29) is 5.56 Å². The van der Waals surface area contributed by atoms with Gasteiger partial charge in [0.25, 0.3) is 0 Å². The summed E-state index contributed by atoms with van der Waals surface area (Å²) in [5.41, 5.74) is 1.23. The van der Waals surface area contributed by atoms with Crippen molar-refractivity contribution < 1.29 is 18.3 Å². The number of aryl methyl sites for hydroxylation is 2. The highest BCUT2D eigenvalue weighted by molar-refractivity contribution is 5.36. The predicted molar refractivity (Wildman–Crippen MR) is 63.1 cm³/mol. The standard InChI is InChI=1S/C13H13F3N2O/c1-6-10(7(2)18(3)17-6)13(19)8-4-5-9(14)12(16)11(8)15/h4-5,13,19H,1-3H3. The van der Waals surface area contributed by atoms with Crippen molar-refractivity contribution in [3.8, 4) is 0 Å². The molecule has 0 spiro atoms. The van der Waals surface area contributed by atoms with E-state index in [1.165, 1.54) is 4.68 Å². The smallest absolute Gasteiger partial charge is 0.194 e. The van der Waals surface area contributed by atoms with E-state index in [4.69, 9.17) is 0 Å². The molecule has 1 aromatic carbocycles. The summed E-state index contributed by atoms with van der Waals surface area (Å²) in [7, 11) is 1.68. The third-order valence-corrected chi connectivity index (χ3v) is 3.20. The number of aliphatic hydroxyl groups excluding tert-OH is 1. The van der Waals surface area contributed by atoms with Gasteiger partial charge in [0, 0.05) is 23.9 Å². The number of hydrogen-bond acceptors (Lipinski definition) is 2. The summed E-state index contributed by atoms with van der Waals surface area (Å²) >= 11 is 0. The number of benzene rings is 1. The van der Waals surface area contributed by atoms with Gasteiger partial charge in [-0.25, -0.2) is 13.2 Å². The first-order valence-corrected chi connectivity index (χ1v) is 5.66. The summed E-state index contributed by atoms with van der Waals surface area (Å²) in [5.74, 6) is -4.25. The van der Waals surface area contributed by atoms with Gasteiger partial charge in [-0.3, -0.25) is 4.68 Å². The number of hydrogen-bond donors (Lipinski definition) is 1. The molecule has 102 valence electrons. The molecule has 0 saturated carbocycles. The maximum Gasteiger partial charge on any atom is 0.194 e. The molecule has 0 fully saturated rings. The van der Waals surface area contributed by atoms with Gasteiger partial charge in [0.05, 0.1) is 5.69 Å². The van der Waals surface area contributed by atoms with Crippen LogP contribution in [-0.2, 0) is 7.05 Å². The Morgan fingerprint density at radius 2 is 1.79 bits per heavy atom. The topological polar surface area (TPSA) is 38.0 Å². The lowest BCUT2D eigenvalue weighted by Crippen LogP contribution is -2.08. The zero-order valence-electron chi connectivity index (χ0n) is 10.7. The lowest BCUT2D eigenvalue weighted by Gasteiger charge is -2.13. The van der Waals surface area contributed by atoms with Crippen molar-refractivity contribution in [3.63, 3.8) is 0 Å².